The first-order valence-corrected chi connectivity index (χ1v) is 9.77. The average molecular weight is 391 g/mol. The Kier molecular flexibility index (Phi) is 9.77. The second kappa shape index (κ2) is 11.5. The maximum absolute atomic E-state index is 11.8. The van der Waals surface area contributed by atoms with Gasteiger partial charge < -0.3 is 5.73 Å². The van der Waals surface area contributed by atoms with E-state index in [1.165, 1.54) is 18.4 Å². The quantitative estimate of drug-likeness (QED) is 0.641. The highest BCUT2D eigenvalue weighted by Crippen LogP contribution is 2.41. The molecule has 1 aliphatic rings. The summed E-state index contributed by atoms with van der Waals surface area (Å²) in [5, 5.41) is 0. The van der Waals surface area contributed by atoms with Gasteiger partial charge in [0, 0.05) is 12.8 Å². The number of aromatic nitrogens is 1. The maximum atomic E-state index is 11.8. The number of carbonyl (C=O) groups is 1. The Labute approximate surface area is 167 Å². The van der Waals surface area contributed by atoms with Crippen LogP contribution in [0.15, 0.2) is 42.5 Å². The lowest BCUT2D eigenvalue weighted by molar-refractivity contribution is -0.104. The van der Waals surface area contributed by atoms with Crippen LogP contribution in [0.1, 0.15) is 61.8 Å². The number of hydrogen-bond donors (Lipinski definition) is 1. The van der Waals surface area contributed by atoms with Crippen LogP contribution in [0.25, 0.3) is 0 Å². The third-order valence-electron chi connectivity index (χ3n) is 4.69. The molecule has 2 aromatic rings. The molecular weight excluding hydrogens is 358 g/mol. The van der Waals surface area contributed by atoms with E-state index < -0.39 is 5.92 Å². The molecule has 0 aliphatic heterocycles. The van der Waals surface area contributed by atoms with E-state index in [9.17, 15) is 13.6 Å². The van der Waals surface area contributed by atoms with Crippen molar-refractivity contribution < 1.29 is 13.6 Å². The van der Waals surface area contributed by atoms with Crippen LogP contribution in [0.2, 0.25) is 0 Å². The number of benzene rings is 1. The Bertz CT molecular complexity index is 712. The fourth-order valence-corrected chi connectivity index (χ4v) is 2.78. The third kappa shape index (κ3) is 9.07. The summed E-state index contributed by atoms with van der Waals surface area (Å²) in [6.45, 7) is 8.15. The zero-order valence-corrected chi connectivity index (χ0v) is 17.3. The predicted molar refractivity (Wildman–Crippen MR) is 112 cm³/mol. The van der Waals surface area contributed by atoms with Gasteiger partial charge in [-0.2, -0.15) is 0 Å². The van der Waals surface area contributed by atoms with Gasteiger partial charge in [-0.3, -0.25) is 4.79 Å². The highest BCUT2D eigenvalue weighted by Gasteiger charge is 2.42. The number of nitrogen functional groups attached to an aromatic ring is 1. The number of rotatable bonds is 4. The summed E-state index contributed by atoms with van der Waals surface area (Å²) in [4.78, 5) is 14.1. The van der Waals surface area contributed by atoms with Crippen LogP contribution in [0.4, 0.5) is 14.5 Å². The summed E-state index contributed by atoms with van der Waals surface area (Å²) in [5.41, 5.74) is 8.66. The first kappa shape index (κ1) is 23.7. The molecule has 5 heteroatoms. The van der Waals surface area contributed by atoms with Crippen LogP contribution in [0.5, 0.6) is 0 Å². The Balaban J connectivity index is 0.000000215. The largest absolute Gasteiger partial charge is 0.397 e. The van der Waals surface area contributed by atoms with Gasteiger partial charge in [-0.1, -0.05) is 57.5 Å². The van der Waals surface area contributed by atoms with Crippen molar-refractivity contribution in [3.05, 3.63) is 59.4 Å². The molecule has 1 saturated carbocycles. The summed E-state index contributed by atoms with van der Waals surface area (Å²) in [6, 6.07) is 14.0. The van der Waals surface area contributed by atoms with Crippen LogP contribution in [0.3, 0.4) is 0 Å². The molecule has 3 nitrogen and oxygen atoms in total. The van der Waals surface area contributed by atoms with Gasteiger partial charge in [0.15, 0.2) is 6.29 Å². The number of carbonyl (C=O) groups excluding carboxylic acids is 1. The van der Waals surface area contributed by atoms with Crippen LogP contribution >= 0.6 is 0 Å². The SMILES string of the molecule is CC1CC(F)(F)C1.CCC(C)Cc1ccccc1.Cc1nc(C=O)ccc1N. The smallest absolute Gasteiger partial charge is 0.248 e. The Morgan fingerprint density at radius 3 is 2.21 bits per heavy atom. The van der Waals surface area contributed by atoms with Crippen LogP contribution < -0.4 is 5.73 Å². The van der Waals surface area contributed by atoms with E-state index in [0.29, 0.717) is 23.4 Å². The molecule has 154 valence electrons. The molecule has 0 radical (unpaired) electrons. The minimum absolute atomic E-state index is 0.104. The molecule has 3 rings (SSSR count). The highest BCUT2D eigenvalue weighted by molar-refractivity contribution is 5.72. The summed E-state index contributed by atoms with van der Waals surface area (Å²) >= 11 is 0. The normalized spacial score (nSPS) is 15.8. The number of hydrogen-bond acceptors (Lipinski definition) is 3. The molecule has 0 amide bonds. The van der Waals surface area contributed by atoms with Crippen molar-refractivity contribution >= 4 is 12.0 Å². The summed E-state index contributed by atoms with van der Waals surface area (Å²) in [7, 11) is 0. The van der Waals surface area contributed by atoms with Crippen molar-refractivity contribution in [3.8, 4) is 0 Å². The van der Waals surface area contributed by atoms with Gasteiger partial charge in [-0.25, -0.2) is 13.8 Å². The lowest BCUT2D eigenvalue weighted by atomic mass is 9.83. The van der Waals surface area contributed by atoms with Crippen LogP contribution in [-0.2, 0) is 6.42 Å². The van der Waals surface area contributed by atoms with Gasteiger partial charge in [0.25, 0.3) is 0 Å². The number of nitrogens with two attached hydrogens (primary N) is 1. The van der Waals surface area contributed by atoms with E-state index in [1.54, 1.807) is 19.1 Å². The average Bonchev–Trinajstić information content (AvgIpc) is 2.64. The molecule has 1 aromatic heterocycles. The van der Waals surface area contributed by atoms with Crippen molar-refractivity contribution in [2.45, 2.75) is 59.3 Å². The molecule has 1 unspecified atom stereocenters. The Hall–Kier alpha value is -2.30. The molecule has 28 heavy (non-hydrogen) atoms. The number of anilines is 1. The van der Waals surface area contributed by atoms with Gasteiger partial charge in [-0.15, -0.1) is 0 Å². The van der Waals surface area contributed by atoms with Crippen molar-refractivity contribution in [2.75, 3.05) is 5.73 Å². The van der Waals surface area contributed by atoms with Crippen molar-refractivity contribution in [1.82, 2.24) is 4.98 Å². The minimum atomic E-state index is -2.31. The number of aryl methyl sites for hydroxylation is 1. The minimum Gasteiger partial charge on any atom is -0.397 e. The van der Waals surface area contributed by atoms with Crippen molar-refractivity contribution in [1.29, 1.82) is 0 Å². The predicted octanol–water partition coefficient (Wildman–Crippen LogP) is 6.11. The fraction of sp³-hybridized carbons (Fsp3) is 0.478. The summed E-state index contributed by atoms with van der Waals surface area (Å²) in [5.74, 6) is -1.23. The molecule has 1 atom stereocenters. The molecule has 1 fully saturated rings. The van der Waals surface area contributed by atoms with Crippen LogP contribution in [0, 0.1) is 18.8 Å². The van der Waals surface area contributed by atoms with Gasteiger partial charge in [0.05, 0.1) is 11.4 Å². The lowest BCUT2D eigenvalue weighted by Crippen LogP contribution is -2.33. The van der Waals surface area contributed by atoms with Gasteiger partial charge >= 0.3 is 0 Å². The number of halogens is 2. The molecule has 0 spiro atoms. The van der Waals surface area contributed by atoms with Crippen molar-refractivity contribution in [2.24, 2.45) is 11.8 Å². The Morgan fingerprint density at radius 2 is 1.82 bits per heavy atom. The first-order chi connectivity index (χ1) is 13.2. The zero-order valence-electron chi connectivity index (χ0n) is 17.3. The van der Waals surface area contributed by atoms with E-state index in [1.807, 2.05) is 6.92 Å². The molecule has 1 aromatic carbocycles. The van der Waals surface area contributed by atoms with Gasteiger partial charge in [0.2, 0.25) is 5.92 Å². The molecule has 1 heterocycles. The van der Waals surface area contributed by atoms with E-state index in [4.69, 9.17) is 5.73 Å². The molecule has 2 N–H and O–H groups in total. The Morgan fingerprint density at radius 1 is 1.21 bits per heavy atom. The lowest BCUT2D eigenvalue weighted by Gasteiger charge is -2.31. The number of aldehydes is 1. The summed E-state index contributed by atoms with van der Waals surface area (Å²) < 4.78 is 23.6. The van der Waals surface area contributed by atoms with Crippen molar-refractivity contribution in [3.63, 3.8) is 0 Å². The second-order valence-corrected chi connectivity index (χ2v) is 7.60. The monoisotopic (exact) mass is 390 g/mol. The van der Waals surface area contributed by atoms with Crippen LogP contribution in [-0.4, -0.2) is 17.2 Å². The second-order valence-electron chi connectivity index (χ2n) is 7.60. The molecule has 0 saturated heterocycles. The highest BCUT2D eigenvalue weighted by atomic mass is 19.3. The van der Waals surface area contributed by atoms with E-state index in [0.717, 1.165) is 5.92 Å². The van der Waals surface area contributed by atoms with Gasteiger partial charge in [-0.05, 0) is 42.9 Å². The topological polar surface area (TPSA) is 56.0 Å². The van der Waals surface area contributed by atoms with E-state index in [2.05, 4.69) is 49.2 Å². The third-order valence-corrected chi connectivity index (χ3v) is 4.69. The van der Waals surface area contributed by atoms with E-state index in [-0.39, 0.29) is 18.8 Å². The van der Waals surface area contributed by atoms with Gasteiger partial charge in [0.1, 0.15) is 5.69 Å². The maximum Gasteiger partial charge on any atom is 0.248 e. The first-order valence-electron chi connectivity index (χ1n) is 9.77. The molecule has 1 aliphatic carbocycles. The zero-order chi connectivity index (χ0) is 21.2. The summed E-state index contributed by atoms with van der Waals surface area (Å²) in [6.07, 6.45) is 3.40. The molecule has 0 bridgehead atoms. The standard InChI is InChI=1S/C11H16.C7H8N2O.C5H8F2/c1-3-10(2)9-11-7-5-4-6-8-11;1-5-7(8)3-2-6(4-10)9-5;1-4-2-5(6,7)3-4/h4-8,10H,3,9H2,1-2H3;2-4H,8H2,1H3;4H,2-3H2,1H3. The number of nitrogens with zero attached hydrogens (tertiary/aromatic N) is 1. The molecular formula is C23H32F2N2O. The number of alkyl halides is 2. The number of pyridine rings is 1. The van der Waals surface area contributed by atoms with E-state index >= 15 is 0 Å². The fourth-order valence-electron chi connectivity index (χ4n) is 2.78.